The Bertz CT molecular complexity index is 280. The highest BCUT2D eigenvalue weighted by molar-refractivity contribution is 5.79. The average molecular weight is 237 g/mol. The van der Waals surface area contributed by atoms with Crippen LogP contribution in [0.3, 0.4) is 0 Å². The van der Waals surface area contributed by atoms with Gasteiger partial charge < -0.3 is 9.64 Å². The van der Waals surface area contributed by atoms with E-state index < -0.39 is 0 Å². The van der Waals surface area contributed by atoms with Gasteiger partial charge in [-0.1, -0.05) is 12.2 Å². The van der Waals surface area contributed by atoms with Crippen LogP contribution in [-0.4, -0.2) is 37.6 Å². The predicted molar refractivity (Wildman–Crippen MR) is 67.7 cm³/mol. The molecule has 0 spiro atoms. The van der Waals surface area contributed by atoms with Crippen LogP contribution >= 0.6 is 0 Å². The van der Waals surface area contributed by atoms with Crippen LogP contribution in [0.2, 0.25) is 0 Å². The molecule has 1 heterocycles. The fraction of sp³-hybridized carbons (Fsp3) is 0.786. The van der Waals surface area contributed by atoms with E-state index in [4.69, 9.17) is 4.74 Å². The van der Waals surface area contributed by atoms with Gasteiger partial charge in [0, 0.05) is 32.7 Å². The van der Waals surface area contributed by atoms with Gasteiger partial charge in [0.2, 0.25) is 5.91 Å². The zero-order chi connectivity index (χ0) is 12.1. The van der Waals surface area contributed by atoms with E-state index in [9.17, 15) is 4.79 Å². The molecular formula is C14H23NO2. The molecule has 96 valence electrons. The van der Waals surface area contributed by atoms with Crippen molar-refractivity contribution in [2.45, 2.75) is 32.1 Å². The van der Waals surface area contributed by atoms with E-state index in [0.29, 0.717) is 11.8 Å². The standard InChI is InChI=1S/C14H23NO2/c1-17-11-12-7-9-15(10-8-12)14(16)13-5-3-2-4-6-13/h2-3,12-13H,4-11H2,1H3. The van der Waals surface area contributed by atoms with Crippen molar-refractivity contribution in [2.75, 3.05) is 26.8 Å². The van der Waals surface area contributed by atoms with Gasteiger partial charge in [-0.05, 0) is 38.0 Å². The second-order valence-electron chi connectivity index (χ2n) is 5.21. The molecule has 0 bridgehead atoms. The molecule has 0 aromatic carbocycles. The highest BCUT2D eigenvalue weighted by Crippen LogP contribution is 2.24. The van der Waals surface area contributed by atoms with E-state index in [-0.39, 0.29) is 5.92 Å². The van der Waals surface area contributed by atoms with Gasteiger partial charge in [-0.2, -0.15) is 0 Å². The number of hydrogen-bond acceptors (Lipinski definition) is 2. The van der Waals surface area contributed by atoms with Gasteiger partial charge in [-0.25, -0.2) is 0 Å². The highest BCUT2D eigenvalue weighted by atomic mass is 16.5. The van der Waals surface area contributed by atoms with Gasteiger partial charge in [0.25, 0.3) is 0 Å². The lowest BCUT2D eigenvalue weighted by molar-refractivity contribution is -0.137. The zero-order valence-corrected chi connectivity index (χ0v) is 10.7. The Morgan fingerprint density at radius 1 is 1.29 bits per heavy atom. The number of ether oxygens (including phenoxy) is 1. The van der Waals surface area contributed by atoms with Crippen LogP contribution < -0.4 is 0 Å². The Kier molecular flexibility index (Phi) is 4.60. The van der Waals surface area contributed by atoms with Crippen molar-refractivity contribution >= 4 is 5.91 Å². The molecule has 2 rings (SSSR count). The third kappa shape index (κ3) is 3.32. The second kappa shape index (κ2) is 6.20. The first-order valence-electron chi connectivity index (χ1n) is 6.74. The number of nitrogens with zero attached hydrogens (tertiary/aromatic N) is 1. The van der Waals surface area contributed by atoms with E-state index in [1.807, 2.05) is 0 Å². The molecule has 0 saturated carbocycles. The Labute approximate surface area is 104 Å². The number of methoxy groups -OCH3 is 1. The molecule has 17 heavy (non-hydrogen) atoms. The third-order valence-electron chi connectivity index (χ3n) is 3.95. The molecule has 1 aliphatic heterocycles. The molecule has 2 aliphatic rings. The van der Waals surface area contributed by atoms with Gasteiger partial charge >= 0.3 is 0 Å². The summed E-state index contributed by atoms with van der Waals surface area (Å²) in [6.45, 7) is 2.69. The topological polar surface area (TPSA) is 29.5 Å². The molecule has 1 saturated heterocycles. The summed E-state index contributed by atoms with van der Waals surface area (Å²) in [5.74, 6) is 1.28. The number of carbonyl (C=O) groups excluding carboxylic acids is 1. The van der Waals surface area contributed by atoms with Crippen molar-refractivity contribution in [1.82, 2.24) is 4.90 Å². The number of allylic oxidation sites excluding steroid dienone is 2. The van der Waals surface area contributed by atoms with Gasteiger partial charge in [-0.3, -0.25) is 4.79 Å². The number of amides is 1. The normalized spacial score (nSPS) is 26.2. The predicted octanol–water partition coefficient (Wildman–Crippen LogP) is 2.23. The first kappa shape index (κ1) is 12.6. The Morgan fingerprint density at radius 3 is 2.65 bits per heavy atom. The van der Waals surface area contributed by atoms with E-state index in [2.05, 4.69) is 17.1 Å². The van der Waals surface area contributed by atoms with Crippen molar-refractivity contribution in [3.8, 4) is 0 Å². The average Bonchev–Trinajstić information content (AvgIpc) is 2.40. The summed E-state index contributed by atoms with van der Waals surface area (Å²) >= 11 is 0. The smallest absolute Gasteiger partial charge is 0.226 e. The maximum atomic E-state index is 12.3. The first-order chi connectivity index (χ1) is 8.31. The lowest BCUT2D eigenvalue weighted by Crippen LogP contribution is -2.42. The molecule has 1 atom stereocenters. The fourth-order valence-corrected chi connectivity index (χ4v) is 2.83. The van der Waals surface area contributed by atoms with Crippen molar-refractivity contribution in [1.29, 1.82) is 0 Å². The van der Waals surface area contributed by atoms with E-state index in [0.717, 1.165) is 51.8 Å². The lowest BCUT2D eigenvalue weighted by atomic mass is 9.91. The summed E-state index contributed by atoms with van der Waals surface area (Å²) in [5, 5.41) is 0. The Balaban J connectivity index is 1.79. The van der Waals surface area contributed by atoms with Gasteiger partial charge in [0.15, 0.2) is 0 Å². The Hall–Kier alpha value is -0.830. The van der Waals surface area contributed by atoms with Crippen LogP contribution in [0.15, 0.2) is 12.2 Å². The van der Waals surface area contributed by atoms with Crippen molar-refractivity contribution in [3.05, 3.63) is 12.2 Å². The quantitative estimate of drug-likeness (QED) is 0.704. The molecule has 3 heteroatoms. The molecule has 1 aliphatic carbocycles. The van der Waals surface area contributed by atoms with Crippen LogP contribution in [0.1, 0.15) is 32.1 Å². The summed E-state index contributed by atoms with van der Waals surface area (Å²) in [4.78, 5) is 14.3. The van der Waals surface area contributed by atoms with Crippen LogP contribution in [0, 0.1) is 11.8 Å². The van der Waals surface area contributed by atoms with E-state index in [1.165, 1.54) is 0 Å². The van der Waals surface area contributed by atoms with Crippen molar-refractivity contribution < 1.29 is 9.53 Å². The summed E-state index contributed by atoms with van der Waals surface area (Å²) in [6, 6.07) is 0. The molecular weight excluding hydrogens is 214 g/mol. The molecule has 0 aromatic rings. The van der Waals surface area contributed by atoms with Gasteiger partial charge in [-0.15, -0.1) is 0 Å². The fourth-order valence-electron chi connectivity index (χ4n) is 2.83. The number of likely N-dealkylation sites (tertiary alicyclic amines) is 1. The summed E-state index contributed by atoms with van der Waals surface area (Å²) in [6.07, 6.45) is 9.59. The SMILES string of the molecule is COCC1CCN(C(=O)C2CC=CCC2)CC1. The molecule has 0 radical (unpaired) electrons. The minimum atomic E-state index is 0.249. The monoisotopic (exact) mass is 237 g/mol. The molecule has 1 unspecified atom stereocenters. The molecule has 0 aromatic heterocycles. The summed E-state index contributed by atoms with van der Waals surface area (Å²) in [7, 11) is 1.76. The van der Waals surface area contributed by atoms with Crippen molar-refractivity contribution in [3.63, 3.8) is 0 Å². The first-order valence-corrected chi connectivity index (χ1v) is 6.74. The van der Waals surface area contributed by atoms with Crippen LogP contribution in [-0.2, 0) is 9.53 Å². The van der Waals surface area contributed by atoms with Gasteiger partial charge in [0.1, 0.15) is 0 Å². The van der Waals surface area contributed by atoms with E-state index >= 15 is 0 Å². The number of rotatable bonds is 3. The molecule has 3 nitrogen and oxygen atoms in total. The second-order valence-corrected chi connectivity index (χ2v) is 5.21. The minimum absolute atomic E-state index is 0.249. The number of piperidine rings is 1. The third-order valence-corrected chi connectivity index (χ3v) is 3.95. The Morgan fingerprint density at radius 2 is 2.06 bits per heavy atom. The maximum Gasteiger partial charge on any atom is 0.226 e. The van der Waals surface area contributed by atoms with Crippen LogP contribution in [0.25, 0.3) is 0 Å². The molecule has 1 fully saturated rings. The summed E-state index contributed by atoms with van der Waals surface area (Å²) in [5.41, 5.74) is 0. The lowest BCUT2D eigenvalue weighted by Gasteiger charge is -2.34. The minimum Gasteiger partial charge on any atom is -0.384 e. The molecule has 0 N–H and O–H groups in total. The largest absolute Gasteiger partial charge is 0.384 e. The van der Waals surface area contributed by atoms with Crippen LogP contribution in [0.4, 0.5) is 0 Å². The zero-order valence-electron chi connectivity index (χ0n) is 10.7. The summed E-state index contributed by atoms with van der Waals surface area (Å²) < 4.78 is 5.18. The van der Waals surface area contributed by atoms with E-state index in [1.54, 1.807) is 7.11 Å². The molecule has 1 amide bonds. The maximum absolute atomic E-state index is 12.3. The van der Waals surface area contributed by atoms with Gasteiger partial charge in [0.05, 0.1) is 0 Å². The highest BCUT2D eigenvalue weighted by Gasteiger charge is 2.27. The number of carbonyl (C=O) groups is 1. The number of hydrogen-bond donors (Lipinski definition) is 0. The van der Waals surface area contributed by atoms with Crippen LogP contribution in [0.5, 0.6) is 0 Å². The van der Waals surface area contributed by atoms with Crippen molar-refractivity contribution in [2.24, 2.45) is 11.8 Å².